The number of carbonyl (C=O) groups excluding carboxylic acids is 1. The number of aromatic nitrogens is 1. The topological polar surface area (TPSA) is 51.7 Å². The molecule has 1 unspecified atom stereocenters. The lowest BCUT2D eigenvalue weighted by Gasteiger charge is -2.37. The number of pyridine rings is 1. The molecule has 32 heavy (non-hydrogen) atoms. The minimum Gasteiger partial charge on any atom is -0.461 e. The third kappa shape index (κ3) is 6.17. The average molecular weight is 437 g/mol. The SMILES string of the molecule is CCOC(=O)c1cccc(CN2CCC(OC(c3ccccc3)C3CCCCC3)CC2)n1. The molecule has 172 valence electrons. The van der Waals surface area contributed by atoms with Gasteiger partial charge in [-0.15, -0.1) is 0 Å². The highest BCUT2D eigenvalue weighted by molar-refractivity contribution is 5.87. The highest BCUT2D eigenvalue weighted by Gasteiger charge is 2.30. The Bertz CT molecular complexity index is 843. The Labute approximate surface area is 192 Å². The maximum Gasteiger partial charge on any atom is 0.356 e. The summed E-state index contributed by atoms with van der Waals surface area (Å²) in [5.41, 5.74) is 2.64. The first-order chi connectivity index (χ1) is 15.7. The van der Waals surface area contributed by atoms with Crippen molar-refractivity contribution < 1.29 is 14.3 Å². The highest BCUT2D eigenvalue weighted by Crippen LogP contribution is 2.38. The van der Waals surface area contributed by atoms with Gasteiger partial charge in [0.05, 0.1) is 24.5 Å². The third-order valence-corrected chi connectivity index (χ3v) is 6.76. The maximum absolute atomic E-state index is 12.0. The van der Waals surface area contributed by atoms with Crippen LogP contribution in [0.5, 0.6) is 0 Å². The van der Waals surface area contributed by atoms with Gasteiger partial charge < -0.3 is 9.47 Å². The minimum absolute atomic E-state index is 0.218. The zero-order valence-corrected chi connectivity index (χ0v) is 19.2. The van der Waals surface area contributed by atoms with E-state index in [9.17, 15) is 4.79 Å². The molecule has 0 radical (unpaired) electrons. The summed E-state index contributed by atoms with van der Waals surface area (Å²) < 4.78 is 11.9. The van der Waals surface area contributed by atoms with E-state index in [-0.39, 0.29) is 12.1 Å². The largest absolute Gasteiger partial charge is 0.461 e. The van der Waals surface area contributed by atoms with Crippen LogP contribution in [0, 0.1) is 5.92 Å². The van der Waals surface area contributed by atoms with Crippen molar-refractivity contribution in [2.75, 3.05) is 19.7 Å². The Morgan fingerprint density at radius 3 is 2.47 bits per heavy atom. The molecule has 0 bridgehead atoms. The van der Waals surface area contributed by atoms with Crippen LogP contribution in [-0.4, -0.2) is 41.7 Å². The molecule has 2 aromatic rings. The third-order valence-electron chi connectivity index (χ3n) is 6.76. The quantitative estimate of drug-likeness (QED) is 0.507. The second-order valence-electron chi connectivity index (χ2n) is 9.08. The van der Waals surface area contributed by atoms with Crippen LogP contribution < -0.4 is 0 Å². The van der Waals surface area contributed by atoms with Gasteiger partial charge in [0.2, 0.25) is 0 Å². The van der Waals surface area contributed by atoms with Crippen molar-refractivity contribution in [2.45, 2.75) is 70.6 Å². The molecule has 2 aliphatic rings. The molecular formula is C27H36N2O3. The fourth-order valence-electron chi connectivity index (χ4n) is 5.07. The van der Waals surface area contributed by atoms with Crippen molar-refractivity contribution in [3.8, 4) is 0 Å². The number of nitrogens with zero attached hydrogens (tertiary/aromatic N) is 2. The number of esters is 1. The first-order valence-corrected chi connectivity index (χ1v) is 12.3. The van der Waals surface area contributed by atoms with Crippen LogP contribution in [0.2, 0.25) is 0 Å². The lowest BCUT2D eigenvalue weighted by Crippen LogP contribution is -2.38. The van der Waals surface area contributed by atoms with Gasteiger partial charge in [0.25, 0.3) is 0 Å². The summed E-state index contributed by atoms with van der Waals surface area (Å²) in [6.45, 7) is 4.91. The van der Waals surface area contributed by atoms with Gasteiger partial charge in [0, 0.05) is 19.6 Å². The second-order valence-corrected chi connectivity index (χ2v) is 9.08. The van der Waals surface area contributed by atoms with Gasteiger partial charge in [0.15, 0.2) is 0 Å². The molecule has 1 saturated carbocycles. The second kappa shape index (κ2) is 11.6. The van der Waals surface area contributed by atoms with E-state index < -0.39 is 0 Å². The van der Waals surface area contributed by atoms with Gasteiger partial charge in [-0.3, -0.25) is 4.90 Å². The van der Waals surface area contributed by atoms with E-state index in [0.29, 0.717) is 24.3 Å². The molecule has 1 aliphatic carbocycles. The number of carbonyl (C=O) groups is 1. The van der Waals surface area contributed by atoms with Gasteiger partial charge in [0.1, 0.15) is 5.69 Å². The molecule has 2 fully saturated rings. The van der Waals surface area contributed by atoms with Crippen molar-refractivity contribution in [1.82, 2.24) is 9.88 Å². The van der Waals surface area contributed by atoms with E-state index in [0.717, 1.165) is 38.2 Å². The molecule has 5 nitrogen and oxygen atoms in total. The molecular weight excluding hydrogens is 400 g/mol. The van der Waals surface area contributed by atoms with Gasteiger partial charge in [-0.1, -0.05) is 55.7 Å². The average Bonchev–Trinajstić information content (AvgIpc) is 2.85. The maximum atomic E-state index is 12.0. The van der Waals surface area contributed by atoms with Crippen molar-refractivity contribution in [1.29, 1.82) is 0 Å². The Kier molecular flexibility index (Phi) is 8.30. The number of piperidine rings is 1. The number of likely N-dealkylation sites (tertiary alicyclic amines) is 1. The van der Waals surface area contributed by atoms with E-state index in [1.807, 2.05) is 19.1 Å². The van der Waals surface area contributed by atoms with Crippen molar-refractivity contribution >= 4 is 5.97 Å². The molecule has 1 aliphatic heterocycles. The smallest absolute Gasteiger partial charge is 0.356 e. The van der Waals surface area contributed by atoms with Crippen molar-refractivity contribution in [2.24, 2.45) is 5.92 Å². The minimum atomic E-state index is -0.351. The lowest BCUT2D eigenvalue weighted by atomic mass is 9.82. The number of ether oxygens (including phenoxy) is 2. The van der Waals surface area contributed by atoms with Crippen LogP contribution in [0.25, 0.3) is 0 Å². The molecule has 4 rings (SSSR count). The summed E-state index contributed by atoms with van der Waals surface area (Å²) >= 11 is 0. The van der Waals surface area contributed by atoms with Crippen LogP contribution in [-0.2, 0) is 16.0 Å². The molecule has 2 heterocycles. The number of hydrogen-bond donors (Lipinski definition) is 0. The molecule has 1 aromatic heterocycles. The standard InChI is InChI=1S/C27H36N2O3/c1-2-31-27(30)25-15-9-14-23(28-25)20-29-18-16-24(17-19-29)32-26(21-10-5-3-6-11-21)22-12-7-4-8-13-22/h3,5-6,9-11,14-15,22,24,26H,2,4,7-8,12-13,16-20H2,1H3. The first-order valence-electron chi connectivity index (χ1n) is 12.3. The van der Waals surface area contributed by atoms with E-state index in [1.165, 1.54) is 37.7 Å². The van der Waals surface area contributed by atoms with Gasteiger partial charge >= 0.3 is 5.97 Å². The zero-order chi connectivity index (χ0) is 22.2. The summed E-state index contributed by atoms with van der Waals surface area (Å²) in [4.78, 5) is 18.9. The Morgan fingerprint density at radius 2 is 1.75 bits per heavy atom. The van der Waals surface area contributed by atoms with Crippen molar-refractivity contribution in [3.05, 3.63) is 65.5 Å². The first kappa shape index (κ1) is 22.9. The molecule has 1 atom stereocenters. The Hall–Kier alpha value is -2.24. The molecule has 0 N–H and O–H groups in total. The summed E-state index contributed by atoms with van der Waals surface area (Å²) in [5.74, 6) is 0.287. The lowest BCUT2D eigenvalue weighted by molar-refractivity contribution is -0.0762. The summed E-state index contributed by atoms with van der Waals surface area (Å²) in [6.07, 6.45) is 9.17. The van der Waals surface area contributed by atoms with Crippen LogP contribution in [0.3, 0.4) is 0 Å². The molecule has 5 heteroatoms. The van der Waals surface area contributed by atoms with E-state index in [1.54, 1.807) is 6.07 Å². The Balaban J connectivity index is 1.32. The van der Waals surface area contributed by atoms with Gasteiger partial charge in [-0.05, 0) is 56.2 Å². The highest BCUT2D eigenvalue weighted by atomic mass is 16.5. The summed E-state index contributed by atoms with van der Waals surface area (Å²) in [5, 5.41) is 0. The monoisotopic (exact) mass is 436 g/mol. The van der Waals surface area contributed by atoms with E-state index in [4.69, 9.17) is 9.47 Å². The predicted molar refractivity (Wildman–Crippen MR) is 125 cm³/mol. The van der Waals surface area contributed by atoms with Crippen LogP contribution in [0.15, 0.2) is 48.5 Å². The normalized spacial score (nSPS) is 19.5. The summed E-state index contributed by atoms with van der Waals surface area (Å²) in [6, 6.07) is 16.4. The fourth-order valence-corrected chi connectivity index (χ4v) is 5.07. The van der Waals surface area contributed by atoms with Crippen molar-refractivity contribution in [3.63, 3.8) is 0 Å². The fraction of sp³-hybridized carbons (Fsp3) is 0.556. The summed E-state index contributed by atoms with van der Waals surface area (Å²) in [7, 11) is 0. The van der Waals surface area contributed by atoms with Crippen LogP contribution in [0.4, 0.5) is 0 Å². The van der Waals surface area contributed by atoms with Crippen LogP contribution >= 0.6 is 0 Å². The molecule has 0 amide bonds. The molecule has 0 spiro atoms. The van der Waals surface area contributed by atoms with Gasteiger partial charge in [-0.2, -0.15) is 0 Å². The molecule has 1 aromatic carbocycles. The predicted octanol–water partition coefficient (Wildman–Crippen LogP) is 5.56. The zero-order valence-electron chi connectivity index (χ0n) is 19.2. The van der Waals surface area contributed by atoms with E-state index in [2.05, 4.69) is 40.2 Å². The molecule has 1 saturated heterocycles. The number of benzene rings is 1. The Morgan fingerprint density at radius 1 is 1.00 bits per heavy atom. The number of rotatable bonds is 8. The van der Waals surface area contributed by atoms with Gasteiger partial charge in [-0.25, -0.2) is 9.78 Å². The van der Waals surface area contributed by atoms with E-state index >= 15 is 0 Å². The number of hydrogen-bond acceptors (Lipinski definition) is 5. The van der Waals surface area contributed by atoms with Crippen LogP contribution in [0.1, 0.15) is 79.7 Å².